The zero-order valence-electron chi connectivity index (χ0n) is 14.1. The van der Waals surface area contributed by atoms with Crippen LogP contribution in [0.3, 0.4) is 0 Å². The lowest BCUT2D eigenvalue weighted by atomic mass is 10.1. The van der Waals surface area contributed by atoms with E-state index >= 15 is 0 Å². The van der Waals surface area contributed by atoms with Gasteiger partial charge in [0.05, 0.1) is 17.1 Å². The Balaban J connectivity index is 1.87. The molecule has 1 aliphatic heterocycles. The first-order chi connectivity index (χ1) is 11.5. The third-order valence-electron chi connectivity index (χ3n) is 4.55. The highest BCUT2D eigenvalue weighted by Gasteiger charge is 2.24. The number of aliphatic hydroxyl groups excluding tert-OH is 2. The lowest BCUT2D eigenvalue weighted by Gasteiger charge is -2.16. The predicted molar refractivity (Wildman–Crippen MR) is 92.2 cm³/mol. The highest BCUT2D eigenvalue weighted by Crippen LogP contribution is 2.25. The minimum atomic E-state index is -0.304. The molecule has 0 bridgehead atoms. The molecular formula is C17H24N4O3. The van der Waals surface area contributed by atoms with E-state index in [1.54, 1.807) is 11.9 Å². The summed E-state index contributed by atoms with van der Waals surface area (Å²) in [5, 5.41) is 18.6. The van der Waals surface area contributed by atoms with E-state index < -0.39 is 0 Å². The number of hydrogen-bond donors (Lipinski definition) is 2. The number of amides is 1. The number of hydrogen-bond acceptors (Lipinski definition) is 5. The van der Waals surface area contributed by atoms with Gasteiger partial charge in [0.1, 0.15) is 0 Å². The first-order valence-corrected chi connectivity index (χ1v) is 8.27. The van der Waals surface area contributed by atoms with Crippen molar-refractivity contribution in [3.05, 3.63) is 23.8 Å². The van der Waals surface area contributed by atoms with E-state index in [9.17, 15) is 9.90 Å². The number of aromatic nitrogens is 2. The van der Waals surface area contributed by atoms with E-state index in [0.717, 1.165) is 29.9 Å². The summed E-state index contributed by atoms with van der Waals surface area (Å²) in [4.78, 5) is 20.8. The Morgan fingerprint density at radius 2 is 2.25 bits per heavy atom. The molecule has 1 aromatic heterocycles. The van der Waals surface area contributed by atoms with Gasteiger partial charge in [0.25, 0.3) is 5.91 Å². The highest BCUT2D eigenvalue weighted by atomic mass is 16.3. The summed E-state index contributed by atoms with van der Waals surface area (Å²) in [6.07, 6.45) is 1.01. The van der Waals surface area contributed by atoms with Gasteiger partial charge in [0, 0.05) is 45.9 Å². The minimum Gasteiger partial charge on any atom is -0.396 e. The van der Waals surface area contributed by atoms with Gasteiger partial charge in [0.15, 0.2) is 0 Å². The van der Waals surface area contributed by atoms with Gasteiger partial charge in [-0.3, -0.25) is 4.79 Å². The van der Waals surface area contributed by atoms with Crippen molar-refractivity contribution >= 4 is 22.9 Å². The van der Waals surface area contributed by atoms with Crippen LogP contribution in [0.25, 0.3) is 11.0 Å². The number of benzene rings is 1. The molecule has 1 amide bonds. The van der Waals surface area contributed by atoms with Gasteiger partial charge in [-0.05, 0) is 31.0 Å². The molecule has 1 atom stereocenters. The van der Waals surface area contributed by atoms with E-state index in [1.807, 2.05) is 29.8 Å². The number of carbonyl (C=O) groups is 1. The van der Waals surface area contributed by atoms with E-state index in [1.165, 1.54) is 0 Å². The van der Waals surface area contributed by atoms with Crippen LogP contribution in [0.15, 0.2) is 18.2 Å². The summed E-state index contributed by atoms with van der Waals surface area (Å²) in [6, 6.07) is 5.53. The zero-order chi connectivity index (χ0) is 17.3. The Bertz CT molecular complexity index is 743. The number of anilines is 1. The summed E-state index contributed by atoms with van der Waals surface area (Å²) in [5.41, 5.74) is 2.32. The fourth-order valence-electron chi connectivity index (χ4n) is 3.16. The number of aliphatic hydroxyl groups is 2. The molecule has 24 heavy (non-hydrogen) atoms. The maximum atomic E-state index is 12.5. The fourth-order valence-corrected chi connectivity index (χ4v) is 3.16. The second-order valence-corrected chi connectivity index (χ2v) is 6.37. The molecule has 7 heteroatoms. The van der Waals surface area contributed by atoms with Gasteiger partial charge < -0.3 is 24.6 Å². The van der Waals surface area contributed by atoms with Crippen LogP contribution in [0.1, 0.15) is 23.2 Å². The standard InChI is InChI=1S/C17H24N4O3/c1-19(7-3-9-22)16(24)12-4-5-15-14(10-12)18-17(20(15)2)21-8-6-13(23)11-21/h4-5,10,13,22-23H,3,6-9,11H2,1-2H3. The Morgan fingerprint density at radius 1 is 1.46 bits per heavy atom. The van der Waals surface area contributed by atoms with E-state index in [4.69, 9.17) is 5.11 Å². The van der Waals surface area contributed by atoms with E-state index in [0.29, 0.717) is 25.1 Å². The summed E-state index contributed by atoms with van der Waals surface area (Å²) >= 11 is 0. The van der Waals surface area contributed by atoms with E-state index in [2.05, 4.69) is 9.88 Å². The van der Waals surface area contributed by atoms with Crippen molar-refractivity contribution in [1.82, 2.24) is 14.5 Å². The van der Waals surface area contributed by atoms with Crippen molar-refractivity contribution in [2.45, 2.75) is 18.9 Å². The molecule has 3 rings (SSSR count). The normalized spacial score (nSPS) is 17.7. The van der Waals surface area contributed by atoms with Crippen molar-refractivity contribution in [2.24, 2.45) is 7.05 Å². The smallest absolute Gasteiger partial charge is 0.253 e. The molecular weight excluding hydrogens is 308 g/mol. The number of fused-ring (bicyclic) bond motifs is 1. The number of aryl methyl sites for hydroxylation is 1. The first kappa shape index (κ1) is 16.7. The van der Waals surface area contributed by atoms with Crippen molar-refractivity contribution in [3.8, 4) is 0 Å². The first-order valence-electron chi connectivity index (χ1n) is 8.27. The van der Waals surface area contributed by atoms with Crippen LogP contribution in [-0.2, 0) is 7.05 Å². The molecule has 130 valence electrons. The molecule has 1 fully saturated rings. The van der Waals surface area contributed by atoms with Crippen LogP contribution in [-0.4, -0.2) is 70.0 Å². The molecule has 0 aliphatic carbocycles. The number of β-amino-alcohol motifs (C(OH)–C–C–N with tert-alkyl or cyclic N) is 1. The monoisotopic (exact) mass is 332 g/mol. The average molecular weight is 332 g/mol. The van der Waals surface area contributed by atoms with E-state index in [-0.39, 0.29) is 18.6 Å². The number of imidazole rings is 1. The molecule has 1 aromatic carbocycles. The van der Waals surface area contributed by atoms with Crippen LogP contribution >= 0.6 is 0 Å². The zero-order valence-corrected chi connectivity index (χ0v) is 14.1. The lowest BCUT2D eigenvalue weighted by Crippen LogP contribution is -2.28. The number of carbonyl (C=O) groups excluding carboxylic acids is 1. The Hall–Kier alpha value is -2.12. The highest BCUT2D eigenvalue weighted by molar-refractivity contribution is 5.97. The second-order valence-electron chi connectivity index (χ2n) is 6.37. The Kier molecular flexibility index (Phi) is 4.73. The minimum absolute atomic E-state index is 0.0714. The molecule has 0 saturated carbocycles. The van der Waals surface area contributed by atoms with Crippen molar-refractivity contribution in [3.63, 3.8) is 0 Å². The largest absolute Gasteiger partial charge is 0.396 e. The molecule has 7 nitrogen and oxygen atoms in total. The molecule has 2 aromatic rings. The SMILES string of the molecule is CN(CCCO)C(=O)c1ccc2c(c1)nc(N1CCC(O)C1)n2C. The van der Waals surface area contributed by atoms with Crippen LogP contribution in [0.2, 0.25) is 0 Å². The molecule has 0 spiro atoms. The van der Waals surface area contributed by atoms with Crippen LogP contribution in [0.4, 0.5) is 5.95 Å². The second kappa shape index (κ2) is 6.78. The summed E-state index contributed by atoms with van der Waals surface area (Å²) < 4.78 is 2.00. The molecule has 1 aliphatic rings. The van der Waals surface area contributed by atoms with Gasteiger partial charge in [-0.1, -0.05) is 0 Å². The third-order valence-corrected chi connectivity index (χ3v) is 4.55. The van der Waals surface area contributed by atoms with Crippen molar-refractivity contribution in [1.29, 1.82) is 0 Å². The summed E-state index contributed by atoms with van der Waals surface area (Å²) in [5.74, 6) is 0.744. The van der Waals surface area contributed by atoms with Crippen molar-refractivity contribution < 1.29 is 15.0 Å². The van der Waals surface area contributed by atoms with Crippen LogP contribution in [0.5, 0.6) is 0 Å². The van der Waals surface area contributed by atoms with Crippen molar-refractivity contribution in [2.75, 3.05) is 38.2 Å². The topological polar surface area (TPSA) is 81.8 Å². The summed E-state index contributed by atoms with van der Waals surface area (Å²) in [6.45, 7) is 1.97. The number of rotatable bonds is 5. The Labute approximate surface area is 141 Å². The molecule has 2 heterocycles. The fraction of sp³-hybridized carbons (Fsp3) is 0.529. The molecule has 0 radical (unpaired) electrons. The molecule has 1 saturated heterocycles. The van der Waals surface area contributed by atoms with Crippen LogP contribution < -0.4 is 4.90 Å². The molecule has 2 N–H and O–H groups in total. The summed E-state index contributed by atoms with van der Waals surface area (Å²) in [7, 11) is 3.68. The lowest BCUT2D eigenvalue weighted by molar-refractivity contribution is 0.0786. The Morgan fingerprint density at radius 3 is 2.92 bits per heavy atom. The van der Waals surface area contributed by atoms with Gasteiger partial charge in [-0.15, -0.1) is 0 Å². The maximum absolute atomic E-state index is 12.5. The average Bonchev–Trinajstić information content (AvgIpc) is 3.15. The predicted octanol–water partition coefficient (Wildman–Crippen LogP) is 0.599. The third kappa shape index (κ3) is 3.09. The van der Waals surface area contributed by atoms with Gasteiger partial charge in [-0.25, -0.2) is 4.98 Å². The maximum Gasteiger partial charge on any atom is 0.253 e. The van der Waals surface area contributed by atoms with Gasteiger partial charge in [0.2, 0.25) is 5.95 Å². The van der Waals surface area contributed by atoms with Gasteiger partial charge >= 0.3 is 0 Å². The quantitative estimate of drug-likeness (QED) is 0.838. The number of nitrogens with zero attached hydrogens (tertiary/aromatic N) is 4. The van der Waals surface area contributed by atoms with Crippen LogP contribution in [0, 0.1) is 0 Å². The van der Waals surface area contributed by atoms with Gasteiger partial charge in [-0.2, -0.15) is 0 Å². The molecule has 1 unspecified atom stereocenters.